The molecule has 2 aromatic rings. The molecule has 15 heavy (non-hydrogen) atoms. The lowest BCUT2D eigenvalue weighted by Gasteiger charge is -2.01. The Morgan fingerprint density at radius 1 is 1.53 bits per heavy atom. The summed E-state index contributed by atoms with van der Waals surface area (Å²) in [5, 5.41) is 11.2. The van der Waals surface area contributed by atoms with Gasteiger partial charge in [-0.15, -0.1) is 10.2 Å². The van der Waals surface area contributed by atoms with E-state index in [9.17, 15) is 8.42 Å². The molecule has 0 saturated heterocycles. The summed E-state index contributed by atoms with van der Waals surface area (Å²) in [5.74, 6) is 0.0436. The number of hydrogen-bond donors (Lipinski definition) is 1. The van der Waals surface area contributed by atoms with Crippen molar-refractivity contribution in [2.75, 3.05) is 10.5 Å². The number of rotatable bonds is 3. The molecule has 1 radical (unpaired) electrons. The predicted octanol–water partition coefficient (Wildman–Crippen LogP) is -0.314. The second kappa shape index (κ2) is 3.46. The first-order valence-corrected chi connectivity index (χ1v) is 5.86. The van der Waals surface area contributed by atoms with Crippen molar-refractivity contribution in [1.82, 2.24) is 19.8 Å². The Balaban J connectivity index is 2.46. The predicted molar refractivity (Wildman–Crippen MR) is 52.7 cm³/mol. The SMILES string of the molecule is CCS(=O)(=O)Nc1nnc2cc[c]nn12. The van der Waals surface area contributed by atoms with Gasteiger partial charge in [-0.1, -0.05) is 0 Å². The van der Waals surface area contributed by atoms with Gasteiger partial charge in [0, 0.05) is 0 Å². The normalized spacial score (nSPS) is 11.8. The Kier molecular flexibility index (Phi) is 2.27. The van der Waals surface area contributed by atoms with E-state index in [2.05, 4.69) is 26.2 Å². The average molecular weight is 226 g/mol. The van der Waals surface area contributed by atoms with Crippen molar-refractivity contribution in [3.63, 3.8) is 0 Å². The molecule has 8 heteroatoms. The van der Waals surface area contributed by atoms with Crippen LogP contribution in [-0.2, 0) is 10.0 Å². The molecule has 0 aliphatic heterocycles. The molecule has 0 unspecified atom stereocenters. The molecule has 0 aromatic carbocycles. The van der Waals surface area contributed by atoms with Crippen molar-refractivity contribution < 1.29 is 8.42 Å². The summed E-state index contributed by atoms with van der Waals surface area (Å²) >= 11 is 0. The minimum absolute atomic E-state index is 0.0293. The summed E-state index contributed by atoms with van der Waals surface area (Å²) in [4.78, 5) is 0. The van der Waals surface area contributed by atoms with Crippen LogP contribution in [0.25, 0.3) is 5.65 Å². The zero-order valence-electron chi connectivity index (χ0n) is 7.88. The van der Waals surface area contributed by atoms with Crippen LogP contribution in [0.1, 0.15) is 6.92 Å². The van der Waals surface area contributed by atoms with Crippen molar-refractivity contribution in [2.45, 2.75) is 6.92 Å². The van der Waals surface area contributed by atoms with Gasteiger partial charge in [-0.05, 0) is 19.1 Å². The molecule has 0 aliphatic carbocycles. The fraction of sp³-hybridized carbons (Fsp3) is 0.286. The van der Waals surface area contributed by atoms with Gasteiger partial charge in [-0.25, -0.2) is 13.1 Å². The second-order valence-electron chi connectivity index (χ2n) is 2.76. The molecule has 79 valence electrons. The molecule has 2 aromatic heterocycles. The van der Waals surface area contributed by atoms with Crippen molar-refractivity contribution in [3.05, 3.63) is 18.3 Å². The molecule has 0 fully saturated rings. The van der Waals surface area contributed by atoms with Gasteiger partial charge >= 0.3 is 0 Å². The highest BCUT2D eigenvalue weighted by Gasteiger charge is 2.12. The Morgan fingerprint density at radius 3 is 3.07 bits per heavy atom. The van der Waals surface area contributed by atoms with Crippen LogP contribution in [0.15, 0.2) is 12.1 Å². The van der Waals surface area contributed by atoms with Crippen LogP contribution in [-0.4, -0.2) is 34.0 Å². The number of anilines is 1. The zero-order chi connectivity index (χ0) is 10.9. The van der Waals surface area contributed by atoms with E-state index < -0.39 is 10.0 Å². The number of fused-ring (bicyclic) bond motifs is 1. The third kappa shape index (κ3) is 1.89. The fourth-order valence-corrected chi connectivity index (χ4v) is 1.52. The van der Waals surface area contributed by atoms with Crippen LogP contribution in [0, 0.1) is 6.20 Å². The highest BCUT2D eigenvalue weighted by molar-refractivity contribution is 7.92. The van der Waals surface area contributed by atoms with Crippen molar-refractivity contribution in [3.8, 4) is 0 Å². The van der Waals surface area contributed by atoms with Gasteiger partial charge in [0.25, 0.3) is 5.95 Å². The van der Waals surface area contributed by atoms with Gasteiger partial charge in [0.1, 0.15) is 6.20 Å². The molecular formula is C7H8N5O2S. The molecule has 7 nitrogen and oxygen atoms in total. The van der Waals surface area contributed by atoms with Crippen molar-refractivity contribution in [1.29, 1.82) is 0 Å². The van der Waals surface area contributed by atoms with Gasteiger partial charge in [0.15, 0.2) is 5.65 Å². The van der Waals surface area contributed by atoms with Gasteiger partial charge < -0.3 is 0 Å². The van der Waals surface area contributed by atoms with Crippen LogP contribution >= 0.6 is 0 Å². The first-order chi connectivity index (χ1) is 7.12. The molecule has 0 aliphatic rings. The van der Waals surface area contributed by atoms with Crippen molar-refractivity contribution >= 4 is 21.6 Å². The molecule has 0 bridgehead atoms. The van der Waals surface area contributed by atoms with Gasteiger partial charge in [-0.2, -0.15) is 9.61 Å². The molecule has 1 N–H and O–H groups in total. The highest BCUT2D eigenvalue weighted by atomic mass is 32.2. The van der Waals surface area contributed by atoms with Gasteiger partial charge in [0.05, 0.1) is 5.75 Å². The van der Waals surface area contributed by atoms with Gasteiger partial charge in [-0.3, -0.25) is 0 Å². The third-order valence-electron chi connectivity index (χ3n) is 1.76. The first-order valence-electron chi connectivity index (χ1n) is 4.21. The summed E-state index contributed by atoms with van der Waals surface area (Å²) in [7, 11) is -3.36. The maximum Gasteiger partial charge on any atom is 0.259 e. The molecule has 2 rings (SSSR count). The van der Waals surface area contributed by atoms with E-state index in [0.29, 0.717) is 5.65 Å². The van der Waals surface area contributed by atoms with Crippen LogP contribution in [0.2, 0.25) is 0 Å². The summed E-state index contributed by atoms with van der Waals surface area (Å²) in [6, 6.07) is 3.20. The third-order valence-corrected chi connectivity index (χ3v) is 3.01. The number of nitrogens with one attached hydrogen (secondary N) is 1. The lowest BCUT2D eigenvalue weighted by Crippen LogP contribution is -2.17. The lowest BCUT2D eigenvalue weighted by molar-refractivity contribution is 0.601. The number of nitrogens with zero attached hydrogens (tertiary/aromatic N) is 4. The summed E-state index contributed by atoms with van der Waals surface area (Å²) < 4.78 is 26.1. The first kappa shape index (κ1) is 9.84. The summed E-state index contributed by atoms with van der Waals surface area (Å²) in [6.07, 6.45) is 2.56. The molecule has 0 amide bonds. The Morgan fingerprint density at radius 2 is 2.33 bits per heavy atom. The molecule has 0 spiro atoms. The minimum atomic E-state index is -3.36. The highest BCUT2D eigenvalue weighted by Crippen LogP contribution is 2.06. The van der Waals surface area contributed by atoms with Crippen LogP contribution < -0.4 is 4.72 Å². The van der Waals surface area contributed by atoms with E-state index in [1.54, 1.807) is 12.1 Å². The largest absolute Gasteiger partial charge is 0.259 e. The number of aromatic nitrogens is 4. The standard InChI is InChI=1S/C7H8N5O2S/c1-2-15(13,14)11-7-10-9-6-4-3-5-8-12(6)7/h3-4H,2H2,1H3,(H,10,11). The van der Waals surface area contributed by atoms with E-state index in [-0.39, 0.29) is 11.7 Å². The Labute approximate surface area is 86.2 Å². The van der Waals surface area contributed by atoms with Crippen molar-refractivity contribution in [2.24, 2.45) is 0 Å². The van der Waals surface area contributed by atoms with Gasteiger partial charge in [0.2, 0.25) is 10.0 Å². The average Bonchev–Trinajstić information content (AvgIpc) is 2.62. The molecular weight excluding hydrogens is 218 g/mol. The van der Waals surface area contributed by atoms with E-state index in [1.807, 2.05) is 0 Å². The Bertz CT molecular complexity index is 576. The quantitative estimate of drug-likeness (QED) is 0.775. The fourth-order valence-electron chi connectivity index (χ4n) is 0.972. The Hall–Kier alpha value is -1.70. The van der Waals surface area contributed by atoms with E-state index in [1.165, 1.54) is 11.4 Å². The maximum absolute atomic E-state index is 11.3. The van der Waals surface area contributed by atoms with E-state index in [0.717, 1.165) is 0 Å². The summed E-state index contributed by atoms with van der Waals surface area (Å²) in [6.45, 7) is 1.53. The van der Waals surface area contributed by atoms with Crippen LogP contribution in [0.4, 0.5) is 5.95 Å². The maximum atomic E-state index is 11.3. The number of sulfonamides is 1. The minimum Gasteiger partial charge on any atom is -0.250 e. The molecule has 2 heterocycles. The van der Waals surface area contributed by atoms with E-state index >= 15 is 0 Å². The zero-order valence-corrected chi connectivity index (χ0v) is 8.69. The molecule has 0 saturated carbocycles. The monoisotopic (exact) mass is 226 g/mol. The van der Waals surface area contributed by atoms with Crippen LogP contribution in [0.5, 0.6) is 0 Å². The van der Waals surface area contributed by atoms with Crippen LogP contribution in [0.3, 0.4) is 0 Å². The second-order valence-corrected chi connectivity index (χ2v) is 4.77. The summed E-state index contributed by atoms with van der Waals surface area (Å²) in [5.41, 5.74) is 0.461. The molecule has 0 atom stereocenters. The van der Waals surface area contributed by atoms with E-state index in [4.69, 9.17) is 0 Å². The lowest BCUT2D eigenvalue weighted by atomic mass is 10.6. The topological polar surface area (TPSA) is 89.2 Å². The smallest absolute Gasteiger partial charge is 0.250 e. The number of hydrogen-bond acceptors (Lipinski definition) is 5.